The van der Waals surface area contributed by atoms with E-state index >= 15 is 0 Å². The van der Waals surface area contributed by atoms with Crippen LogP contribution in [0.5, 0.6) is 0 Å². The molecule has 0 spiro atoms. The number of carboxylic acid groups (broad SMARTS) is 1. The number of benzene rings is 1. The SMILES string of the molecule is O=C(O)CCN1CCN(c2ccc(I)cc2[N+](=O)[O-])CC1. The lowest BCUT2D eigenvalue weighted by atomic mass is 10.2. The molecule has 21 heavy (non-hydrogen) atoms. The number of hydrogen-bond donors (Lipinski definition) is 1. The quantitative estimate of drug-likeness (QED) is 0.457. The van der Waals surface area contributed by atoms with Crippen LogP contribution in [0.4, 0.5) is 11.4 Å². The Balaban J connectivity index is 2.02. The number of anilines is 1. The molecular formula is C13H16IN3O4. The van der Waals surface area contributed by atoms with Crippen molar-refractivity contribution in [1.82, 2.24) is 4.90 Å². The van der Waals surface area contributed by atoms with Gasteiger partial charge in [0.15, 0.2) is 0 Å². The standard InChI is InChI=1S/C13H16IN3O4/c14-10-1-2-11(12(9-10)17(20)21)16-7-5-15(6-8-16)4-3-13(18)19/h1-2,9H,3-8H2,(H,18,19). The normalized spacial score (nSPS) is 16.0. The van der Waals surface area contributed by atoms with Crippen LogP contribution in [0.3, 0.4) is 0 Å². The van der Waals surface area contributed by atoms with E-state index in [9.17, 15) is 14.9 Å². The van der Waals surface area contributed by atoms with Crippen LogP contribution in [0.1, 0.15) is 6.42 Å². The van der Waals surface area contributed by atoms with Crippen molar-refractivity contribution in [2.75, 3.05) is 37.6 Å². The molecule has 1 aromatic carbocycles. The summed E-state index contributed by atoms with van der Waals surface area (Å²) in [7, 11) is 0. The van der Waals surface area contributed by atoms with Crippen LogP contribution in [0.2, 0.25) is 0 Å². The molecule has 1 N–H and O–H groups in total. The first-order valence-corrected chi connectivity index (χ1v) is 7.68. The van der Waals surface area contributed by atoms with Gasteiger partial charge in [-0.2, -0.15) is 0 Å². The molecule has 0 saturated carbocycles. The van der Waals surface area contributed by atoms with E-state index in [-0.39, 0.29) is 17.0 Å². The van der Waals surface area contributed by atoms with E-state index in [4.69, 9.17) is 5.11 Å². The van der Waals surface area contributed by atoms with E-state index in [1.165, 1.54) is 0 Å². The van der Waals surface area contributed by atoms with Gasteiger partial charge in [-0.05, 0) is 34.7 Å². The molecule has 8 heteroatoms. The van der Waals surface area contributed by atoms with Gasteiger partial charge in [-0.3, -0.25) is 19.8 Å². The molecule has 0 aromatic heterocycles. The molecule has 114 valence electrons. The van der Waals surface area contributed by atoms with E-state index in [1.54, 1.807) is 12.1 Å². The fourth-order valence-corrected chi connectivity index (χ4v) is 2.85. The summed E-state index contributed by atoms with van der Waals surface area (Å²) in [5, 5.41) is 19.8. The van der Waals surface area contributed by atoms with Crippen molar-refractivity contribution >= 4 is 39.9 Å². The predicted octanol–water partition coefficient (Wildman–Crippen LogP) is 1.80. The summed E-state index contributed by atoms with van der Waals surface area (Å²) in [5.74, 6) is -0.800. The monoisotopic (exact) mass is 405 g/mol. The molecule has 1 aromatic rings. The third-order valence-electron chi connectivity index (χ3n) is 3.49. The van der Waals surface area contributed by atoms with Crippen LogP contribution in [0.15, 0.2) is 18.2 Å². The first kappa shape index (κ1) is 16.0. The molecule has 0 bridgehead atoms. The van der Waals surface area contributed by atoms with Crippen molar-refractivity contribution in [3.05, 3.63) is 31.9 Å². The number of nitro groups is 1. The molecule has 2 rings (SSSR count). The first-order chi connectivity index (χ1) is 9.97. The maximum atomic E-state index is 11.2. The van der Waals surface area contributed by atoms with Crippen LogP contribution in [-0.4, -0.2) is 53.6 Å². The highest BCUT2D eigenvalue weighted by atomic mass is 127. The molecular weight excluding hydrogens is 389 g/mol. The summed E-state index contributed by atoms with van der Waals surface area (Å²) >= 11 is 2.06. The van der Waals surface area contributed by atoms with Crippen molar-refractivity contribution in [2.24, 2.45) is 0 Å². The maximum Gasteiger partial charge on any atom is 0.304 e. The third-order valence-corrected chi connectivity index (χ3v) is 4.16. The largest absolute Gasteiger partial charge is 0.481 e. The Morgan fingerprint density at radius 1 is 1.33 bits per heavy atom. The number of nitro benzene ring substituents is 1. The zero-order valence-corrected chi connectivity index (χ0v) is 13.5. The second-order valence-electron chi connectivity index (χ2n) is 4.86. The lowest BCUT2D eigenvalue weighted by molar-refractivity contribution is -0.384. The van der Waals surface area contributed by atoms with E-state index in [0.717, 1.165) is 16.7 Å². The Labute approximate surface area is 135 Å². The van der Waals surface area contributed by atoms with E-state index in [0.29, 0.717) is 25.3 Å². The molecule has 0 radical (unpaired) electrons. The number of rotatable bonds is 5. The molecule has 1 aliphatic rings. The lowest BCUT2D eigenvalue weighted by Gasteiger charge is -2.35. The van der Waals surface area contributed by atoms with Crippen molar-refractivity contribution in [3.8, 4) is 0 Å². The summed E-state index contributed by atoms with van der Waals surface area (Å²) in [5.41, 5.74) is 0.763. The minimum atomic E-state index is -0.800. The average molecular weight is 405 g/mol. The minimum Gasteiger partial charge on any atom is -0.481 e. The minimum absolute atomic E-state index is 0.126. The Morgan fingerprint density at radius 2 is 2.00 bits per heavy atom. The fourth-order valence-electron chi connectivity index (χ4n) is 2.38. The molecule has 1 heterocycles. The molecule has 1 saturated heterocycles. The van der Waals surface area contributed by atoms with Gasteiger partial charge in [0.1, 0.15) is 5.69 Å². The van der Waals surface area contributed by atoms with Crippen molar-refractivity contribution in [2.45, 2.75) is 6.42 Å². The molecule has 0 atom stereocenters. The fraction of sp³-hybridized carbons (Fsp3) is 0.462. The number of carbonyl (C=O) groups is 1. The highest BCUT2D eigenvalue weighted by Gasteiger charge is 2.23. The average Bonchev–Trinajstić information content (AvgIpc) is 2.45. The number of halogens is 1. The molecule has 0 amide bonds. The van der Waals surface area contributed by atoms with Crippen LogP contribution in [-0.2, 0) is 4.79 Å². The topological polar surface area (TPSA) is 86.9 Å². The van der Waals surface area contributed by atoms with Crippen LogP contribution >= 0.6 is 22.6 Å². The van der Waals surface area contributed by atoms with Gasteiger partial charge < -0.3 is 10.0 Å². The van der Waals surface area contributed by atoms with Gasteiger partial charge in [0.25, 0.3) is 5.69 Å². The zero-order valence-electron chi connectivity index (χ0n) is 11.4. The molecule has 0 aliphatic carbocycles. The van der Waals surface area contributed by atoms with E-state index in [2.05, 4.69) is 27.5 Å². The Kier molecular flexibility index (Phi) is 5.34. The smallest absolute Gasteiger partial charge is 0.304 e. The molecule has 1 aliphatic heterocycles. The molecule has 7 nitrogen and oxygen atoms in total. The number of hydrogen-bond acceptors (Lipinski definition) is 5. The van der Waals surface area contributed by atoms with Crippen molar-refractivity contribution in [1.29, 1.82) is 0 Å². The Bertz CT molecular complexity index is 544. The van der Waals surface area contributed by atoms with Gasteiger partial charge in [-0.1, -0.05) is 0 Å². The van der Waals surface area contributed by atoms with Gasteiger partial charge in [-0.15, -0.1) is 0 Å². The van der Waals surface area contributed by atoms with E-state index < -0.39 is 5.97 Å². The Morgan fingerprint density at radius 3 is 2.57 bits per heavy atom. The third kappa shape index (κ3) is 4.27. The summed E-state index contributed by atoms with van der Waals surface area (Å²) in [6.07, 6.45) is 0.129. The predicted molar refractivity (Wildman–Crippen MR) is 86.7 cm³/mol. The number of piperazine rings is 1. The van der Waals surface area contributed by atoms with Gasteiger partial charge >= 0.3 is 5.97 Å². The second-order valence-corrected chi connectivity index (χ2v) is 6.11. The van der Waals surface area contributed by atoms with Gasteiger partial charge in [-0.25, -0.2) is 0 Å². The zero-order chi connectivity index (χ0) is 15.4. The maximum absolute atomic E-state index is 11.2. The van der Waals surface area contributed by atoms with Crippen LogP contribution in [0.25, 0.3) is 0 Å². The number of aliphatic carboxylic acids is 1. The molecule has 0 unspecified atom stereocenters. The summed E-state index contributed by atoms with van der Waals surface area (Å²) in [6, 6.07) is 5.22. The number of nitrogens with zero attached hydrogens (tertiary/aromatic N) is 3. The Hall–Kier alpha value is -1.42. The lowest BCUT2D eigenvalue weighted by Crippen LogP contribution is -2.47. The van der Waals surface area contributed by atoms with Gasteiger partial charge in [0.2, 0.25) is 0 Å². The highest BCUT2D eigenvalue weighted by molar-refractivity contribution is 14.1. The van der Waals surface area contributed by atoms with Crippen molar-refractivity contribution in [3.63, 3.8) is 0 Å². The number of carboxylic acids is 1. The highest BCUT2D eigenvalue weighted by Crippen LogP contribution is 2.30. The van der Waals surface area contributed by atoms with Crippen LogP contribution < -0.4 is 4.90 Å². The summed E-state index contributed by atoms with van der Waals surface area (Å²) in [6.45, 7) is 3.30. The molecule has 1 fully saturated rings. The van der Waals surface area contributed by atoms with Gasteiger partial charge in [0, 0.05) is 42.4 Å². The van der Waals surface area contributed by atoms with E-state index in [1.807, 2.05) is 11.0 Å². The summed E-state index contributed by atoms with van der Waals surface area (Å²) < 4.78 is 0.836. The van der Waals surface area contributed by atoms with Crippen LogP contribution in [0, 0.1) is 13.7 Å². The van der Waals surface area contributed by atoms with Gasteiger partial charge in [0.05, 0.1) is 11.3 Å². The van der Waals surface area contributed by atoms with Crippen molar-refractivity contribution < 1.29 is 14.8 Å². The second kappa shape index (κ2) is 7.03. The first-order valence-electron chi connectivity index (χ1n) is 6.60. The summed E-state index contributed by atoms with van der Waals surface area (Å²) in [4.78, 5) is 25.4.